The van der Waals surface area contributed by atoms with Crippen molar-refractivity contribution in [3.05, 3.63) is 215 Å². The second kappa shape index (κ2) is 20.4. The Labute approximate surface area is 360 Å². The third-order valence-corrected chi connectivity index (χ3v) is 13.5. The summed E-state index contributed by atoms with van der Waals surface area (Å²) in [7, 11) is 0. The maximum Gasteiger partial charge on any atom is 0.347 e. The zero-order chi connectivity index (χ0) is 41.6. The smallest absolute Gasteiger partial charge is 0.347 e. The van der Waals surface area contributed by atoms with Gasteiger partial charge in [-0.2, -0.15) is 0 Å². The molecule has 7 rings (SSSR count). The molecule has 1 fully saturated rings. The molecule has 0 bridgehead atoms. The van der Waals surface area contributed by atoms with E-state index in [0.29, 0.717) is 29.7 Å². The van der Waals surface area contributed by atoms with Crippen molar-refractivity contribution in [2.24, 2.45) is 0 Å². The van der Waals surface area contributed by atoms with Gasteiger partial charge in [-0.15, -0.1) is 28.6 Å². The van der Waals surface area contributed by atoms with Gasteiger partial charge in [0.25, 0.3) is 11.8 Å². The van der Waals surface area contributed by atoms with Crippen molar-refractivity contribution in [1.82, 2.24) is 15.3 Å². The average Bonchev–Trinajstić information content (AvgIpc) is 3.62. The van der Waals surface area contributed by atoms with E-state index in [1.54, 1.807) is 28.4 Å². The molecule has 1 aliphatic heterocycles. The molecular weight excluding hydrogens is 787 g/mol. The molecule has 0 unspecified atom stereocenters. The number of hydrogen-bond donors (Lipinski definition) is 1. The van der Waals surface area contributed by atoms with E-state index in [1.807, 2.05) is 72.8 Å². The summed E-state index contributed by atoms with van der Waals surface area (Å²) < 4.78 is -1.14. The molecule has 0 aromatic heterocycles. The second-order valence-corrected chi connectivity index (χ2v) is 17.0. The van der Waals surface area contributed by atoms with Crippen LogP contribution in [-0.2, 0) is 33.5 Å². The van der Waals surface area contributed by atoms with Gasteiger partial charge in [0.05, 0.1) is 22.6 Å². The van der Waals surface area contributed by atoms with Crippen molar-refractivity contribution in [1.29, 1.82) is 0 Å². The molecule has 6 aromatic carbocycles. The molecule has 1 N–H and O–H groups in total. The monoisotopic (exact) mass is 833 g/mol. The Morgan fingerprint density at radius 1 is 0.517 bits per heavy atom. The van der Waals surface area contributed by atoms with E-state index in [9.17, 15) is 19.2 Å². The Morgan fingerprint density at radius 3 is 1.20 bits per heavy atom. The molecule has 6 aromatic rings. The summed E-state index contributed by atoms with van der Waals surface area (Å²) in [6.07, 6.45) is -0.0128. The molecule has 304 valence electrons. The Balaban J connectivity index is 1.09. The average molecular weight is 834 g/mol. The van der Waals surface area contributed by atoms with Crippen LogP contribution in [0.15, 0.2) is 182 Å². The highest BCUT2D eigenvalue weighted by atomic mass is 32.2. The minimum absolute atomic E-state index is 0.00642. The number of rotatable bonds is 19. The first-order valence-corrected chi connectivity index (χ1v) is 22.0. The molecule has 0 aliphatic carbocycles. The van der Waals surface area contributed by atoms with Crippen LogP contribution in [0.1, 0.15) is 46.2 Å². The standard InChI is InChI=1S/C50H47N3O5S2/c54-45(51-33-35-59-49(39-19-7-1-8-20-39,40-21-9-2-10-22-40)41-23-11-3-12-24-41)37-52(38-48(57)58-53-46(55)31-32-47(53)56)34-36-60-50(42-25-13-4-14-26-42,43-27-15-5-16-28-43)44-29-17-6-18-30-44/h1-30H,31-38H2,(H,51,54). The zero-order valence-electron chi connectivity index (χ0n) is 33.2. The van der Waals surface area contributed by atoms with Crippen LogP contribution in [0.3, 0.4) is 0 Å². The molecule has 0 spiro atoms. The van der Waals surface area contributed by atoms with Gasteiger partial charge in [0.1, 0.15) is 0 Å². The van der Waals surface area contributed by atoms with Crippen LogP contribution in [0.2, 0.25) is 0 Å². The molecular formula is C50H47N3O5S2. The molecule has 1 aliphatic rings. The lowest BCUT2D eigenvalue weighted by atomic mass is 9.84. The van der Waals surface area contributed by atoms with Crippen molar-refractivity contribution >= 4 is 47.2 Å². The van der Waals surface area contributed by atoms with Gasteiger partial charge in [0, 0.05) is 37.4 Å². The van der Waals surface area contributed by atoms with Crippen molar-refractivity contribution in [3.8, 4) is 0 Å². The van der Waals surface area contributed by atoms with E-state index in [4.69, 9.17) is 4.84 Å². The molecule has 0 saturated carbocycles. The molecule has 1 saturated heterocycles. The van der Waals surface area contributed by atoms with Gasteiger partial charge >= 0.3 is 5.97 Å². The van der Waals surface area contributed by atoms with Crippen LogP contribution in [0.4, 0.5) is 0 Å². The molecule has 1 heterocycles. The van der Waals surface area contributed by atoms with E-state index < -0.39 is 27.3 Å². The number of hydrogen-bond acceptors (Lipinski definition) is 8. The summed E-state index contributed by atoms with van der Waals surface area (Å²) in [6.45, 7) is 0.310. The number of nitrogens with zero attached hydrogens (tertiary/aromatic N) is 2. The lowest BCUT2D eigenvalue weighted by Crippen LogP contribution is -2.44. The number of imide groups is 1. The van der Waals surface area contributed by atoms with E-state index in [1.165, 1.54) is 0 Å². The van der Waals surface area contributed by atoms with E-state index in [0.717, 1.165) is 33.4 Å². The van der Waals surface area contributed by atoms with Gasteiger partial charge < -0.3 is 10.2 Å². The number of benzene rings is 6. The van der Waals surface area contributed by atoms with Crippen molar-refractivity contribution < 1.29 is 24.0 Å². The third-order valence-electron chi connectivity index (χ3n) is 10.5. The zero-order valence-corrected chi connectivity index (χ0v) is 34.9. The van der Waals surface area contributed by atoms with Gasteiger partial charge in [-0.1, -0.05) is 182 Å². The molecule has 0 radical (unpaired) electrons. The molecule has 60 heavy (non-hydrogen) atoms. The fourth-order valence-corrected chi connectivity index (χ4v) is 10.7. The van der Waals surface area contributed by atoms with Crippen LogP contribution in [0, 0.1) is 0 Å². The first-order chi connectivity index (χ1) is 29.4. The van der Waals surface area contributed by atoms with E-state index >= 15 is 0 Å². The molecule has 0 atom stereocenters. The maximum atomic E-state index is 13.8. The Bertz CT molecular complexity index is 2110. The molecule has 8 nitrogen and oxygen atoms in total. The maximum absolute atomic E-state index is 13.8. The Hall–Kier alpha value is -5.94. The first-order valence-electron chi connectivity index (χ1n) is 20.1. The third kappa shape index (κ3) is 9.74. The Kier molecular flexibility index (Phi) is 14.3. The normalized spacial score (nSPS) is 13.1. The summed E-state index contributed by atoms with van der Waals surface area (Å²) in [5.41, 5.74) is 6.68. The number of thioether (sulfide) groups is 2. The topological polar surface area (TPSA) is 96.0 Å². The first kappa shape index (κ1) is 42.2. The van der Waals surface area contributed by atoms with E-state index in [-0.39, 0.29) is 31.8 Å². The van der Waals surface area contributed by atoms with Gasteiger partial charge in [0.2, 0.25) is 5.91 Å². The van der Waals surface area contributed by atoms with E-state index in [2.05, 4.69) is 115 Å². The molecule has 10 heteroatoms. The predicted octanol–water partition coefficient (Wildman–Crippen LogP) is 8.46. The summed E-state index contributed by atoms with van der Waals surface area (Å²) >= 11 is 3.47. The van der Waals surface area contributed by atoms with Crippen LogP contribution >= 0.6 is 23.5 Å². The van der Waals surface area contributed by atoms with Crippen molar-refractivity contribution in [2.75, 3.05) is 37.7 Å². The minimum atomic E-state index is -0.786. The lowest BCUT2D eigenvalue weighted by Gasteiger charge is -2.36. The van der Waals surface area contributed by atoms with Crippen LogP contribution in [0.25, 0.3) is 0 Å². The predicted molar refractivity (Wildman–Crippen MR) is 240 cm³/mol. The fourth-order valence-electron chi connectivity index (χ4n) is 7.70. The quantitative estimate of drug-likeness (QED) is 0.0494. The fraction of sp³-hybridized carbons (Fsp3) is 0.200. The van der Waals surface area contributed by atoms with Crippen LogP contribution < -0.4 is 5.32 Å². The van der Waals surface area contributed by atoms with Gasteiger partial charge in [-0.05, 0) is 33.4 Å². The van der Waals surface area contributed by atoms with Crippen LogP contribution in [0.5, 0.6) is 0 Å². The van der Waals surface area contributed by atoms with Crippen molar-refractivity contribution in [3.63, 3.8) is 0 Å². The highest BCUT2D eigenvalue weighted by Gasteiger charge is 2.39. The SMILES string of the molecule is O=C(CN(CCSC(c1ccccc1)(c1ccccc1)c1ccccc1)CC(=O)ON1C(=O)CCC1=O)NCCSC(c1ccccc1)(c1ccccc1)c1ccccc1. The summed E-state index contributed by atoms with van der Waals surface area (Å²) in [4.78, 5) is 58.7. The Morgan fingerprint density at radius 2 is 0.850 bits per heavy atom. The number of carbonyl (C=O) groups excluding carboxylic acids is 4. The summed E-state index contributed by atoms with van der Waals surface area (Å²) in [5.74, 6) is -1.04. The number of hydroxylamine groups is 2. The largest absolute Gasteiger partial charge is 0.354 e. The number of nitrogens with one attached hydrogen (secondary N) is 1. The summed E-state index contributed by atoms with van der Waals surface area (Å²) in [6, 6.07) is 62.2. The highest BCUT2D eigenvalue weighted by Crippen LogP contribution is 2.49. The van der Waals surface area contributed by atoms with Crippen LogP contribution in [-0.4, -0.2) is 71.3 Å². The summed E-state index contributed by atoms with van der Waals surface area (Å²) in [5, 5.41) is 3.66. The van der Waals surface area contributed by atoms with Gasteiger partial charge in [-0.25, -0.2) is 4.79 Å². The van der Waals surface area contributed by atoms with Gasteiger partial charge in [-0.3, -0.25) is 19.3 Å². The minimum Gasteiger partial charge on any atom is -0.354 e. The van der Waals surface area contributed by atoms with Gasteiger partial charge in [0.15, 0.2) is 0 Å². The van der Waals surface area contributed by atoms with Crippen molar-refractivity contribution in [2.45, 2.75) is 22.3 Å². The molecule has 3 amide bonds. The number of amides is 3. The lowest BCUT2D eigenvalue weighted by molar-refractivity contribution is -0.198. The second-order valence-electron chi connectivity index (χ2n) is 14.4. The highest BCUT2D eigenvalue weighted by molar-refractivity contribution is 8.00. The number of carbonyl (C=O) groups is 4.